The van der Waals surface area contributed by atoms with E-state index in [1.807, 2.05) is 38.1 Å². The van der Waals surface area contributed by atoms with Gasteiger partial charge in [-0.1, -0.05) is 32.0 Å². The lowest BCUT2D eigenvalue weighted by Gasteiger charge is -2.25. The van der Waals surface area contributed by atoms with Crippen molar-refractivity contribution in [3.8, 4) is 0 Å². The Morgan fingerprint density at radius 2 is 1.58 bits per heavy atom. The highest BCUT2D eigenvalue weighted by atomic mass is 16.4. The van der Waals surface area contributed by atoms with Crippen molar-refractivity contribution >= 4 is 34.6 Å². The van der Waals surface area contributed by atoms with E-state index in [0.717, 1.165) is 16.5 Å². The molecule has 5 atom stereocenters. The number of aliphatic hydroxyl groups is 2. The second-order valence-electron chi connectivity index (χ2n) is 9.17. The van der Waals surface area contributed by atoms with Crippen molar-refractivity contribution in [1.82, 2.24) is 20.9 Å². The van der Waals surface area contributed by atoms with Gasteiger partial charge in [-0.25, -0.2) is 4.79 Å². The monoisotopic (exact) mass is 505 g/mol. The van der Waals surface area contributed by atoms with Crippen LogP contribution in [0.15, 0.2) is 30.5 Å². The number of aliphatic carboxylic acids is 1. The molecule has 12 heteroatoms. The van der Waals surface area contributed by atoms with Gasteiger partial charge in [-0.05, 0) is 37.3 Å². The summed E-state index contributed by atoms with van der Waals surface area (Å²) < 4.78 is 0. The maximum atomic E-state index is 12.9. The summed E-state index contributed by atoms with van der Waals surface area (Å²) in [5.74, 6) is -3.79. The zero-order chi connectivity index (χ0) is 27.0. The van der Waals surface area contributed by atoms with Crippen molar-refractivity contribution in [3.63, 3.8) is 0 Å². The van der Waals surface area contributed by atoms with Crippen LogP contribution in [-0.4, -0.2) is 80.9 Å². The summed E-state index contributed by atoms with van der Waals surface area (Å²) in [6.07, 6.45) is 0.817. The summed E-state index contributed by atoms with van der Waals surface area (Å²) in [6, 6.07) is 2.44. The molecule has 2 rings (SSSR count). The third kappa shape index (κ3) is 7.77. The highest BCUT2D eigenvalue weighted by Crippen LogP contribution is 2.19. The third-order valence-corrected chi connectivity index (χ3v) is 5.65. The van der Waals surface area contributed by atoms with Crippen molar-refractivity contribution < 1.29 is 34.5 Å². The molecule has 1 aromatic carbocycles. The molecule has 0 aliphatic rings. The molecular formula is C24H35N5O7. The van der Waals surface area contributed by atoms with Crippen molar-refractivity contribution in [1.29, 1.82) is 0 Å². The minimum atomic E-state index is -1.63. The number of rotatable bonds is 13. The van der Waals surface area contributed by atoms with Gasteiger partial charge in [0.05, 0.1) is 18.8 Å². The van der Waals surface area contributed by atoms with Crippen LogP contribution >= 0.6 is 0 Å². The Morgan fingerprint density at radius 1 is 0.972 bits per heavy atom. The highest BCUT2D eigenvalue weighted by molar-refractivity contribution is 5.94. The number of benzene rings is 1. The van der Waals surface area contributed by atoms with Gasteiger partial charge in [0.15, 0.2) is 6.04 Å². The minimum Gasteiger partial charge on any atom is -0.480 e. The molecule has 1 heterocycles. The first-order valence-electron chi connectivity index (χ1n) is 11.7. The van der Waals surface area contributed by atoms with Gasteiger partial charge in [-0.3, -0.25) is 14.4 Å². The van der Waals surface area contributed by atoms with Gasteiger partial charge in [0.2, 0.25) is 17.7 Å². The van der Waals surface area contributed by atoms with Crippen molar-refractivity contribution in [2.75, 3.05) is 6.61 Å². The van der Waals surface area contributed by atoms with Gasteiger partial charge in [-0.2, -0.15) is 0 Å². The molecule has 198 valence electrons. The molecule has 12 nitrogen and oxygen atoms in total. The molecule has 9 N–H and O–H groups in total. The van der Waals surface area contributed by atoms with Crippen LogP contribution in [-0.2, 0) is 25.6 Å². The first kappa shape index (κ1) is 28.8. The fourth-order valence-electron chi connectivity index (χ4n) is 3.72. The van der Waals surface area contributed by atoms with Crippen LogP contribution in [0.1, 0.15) is 32.8 Å². The van der Waals surface area contributed by atoms with Crippen molar-refractivity contribution in [3.05, 3.63) is 36.0 Å². The Bertz CT molecular complexity index is 1070. The van der Waals surface area contributed by atoms with Crippen LogP contribution in [0.25, 0.3) is 10.9 Å². The minimum absolute atomic E-state index is 0.0149. The molecule has 0 bridgehead atoms. The van der Waals surface area contributed by atoms with E-state index in [0.29, 0.717) is 0 Å². The van der Waals surface area contributed by atoms with Gasteiger partial charge >= 0.3 is 5.97 Å². The number of carbonyl (C=O) groups excluding carboxylic acids is 3. The predicted octanol–water partition coefficient (Wildman–Crippen LogP) is -1.00. The van der Waals surface area contributed by atoms with E-state index in [9.17, 15) is 29.4 Å². The molecule has 0 spiro atoms. The van der Waals surface area contributed by atoms with E-state index < -0.39 is 60.6 Å². The number of nitrogens with two attached hydrogens (primary N) is 1. The molecule has 36 heavy (non-hydrogen) atoms. The molecule has 5 unspecified atom stereocenters. The van der Waals surface area contributed by atoms with E-state index in [-0.39, 0.29) is 18.8 Å². The van der Waals surface area contributed by atoms with Gasteiger partial charge in [-0.15, -0.1) is 0 Å². The number of amides is 3. The van der Waals surface area contributed by atoms with E-state index in [4.69, 9.17) is 10.8 Å². The van der Waals surface area contributed by atoms with E-state index in [1.165, 1.54) is 6.92 Å². The second kappa shape index (κ2) is 13.0. The summed E-state index contributed by atoms with van der Waals surface area (Å²) in [7, 11) is 0. The standard InChI is InChI=1S/C24H35N5O7/c1-12(2)8-18(22(33)28-19(11-30)23(34)29-20(13(3)31)24(35)36)27-21(32)16(25)9-14-10-26-17-7-5-4-6-15(14)17/h4-7,10,12-13,16,18-20,26,30-31H,8-9,11,25H2,1-3H3,(H,27,32)(H,28,33)(H,29,34)(H,35,36). The average Bonchev–Trinajstić information content (AvgIpc) is 3.22. The normalized spacial score (nSPS) is 15.5. The summed E-state index contributed by atoms with van der Waals surface area (Å²) in [5, 5.41) is 36.3. The number of fused-ring (bicyclic) bond motifs is 1. The lowest BCUT2D eigenvalue weighted by atomic mass is 10.0. The number of nitrogens with one attached hydrogen (secondary N) is 4. The molecule has 1 aromatic heterocycles. The van der Waals surface area contributed by atoms with Gasteiger partial charge in [0.1, 0.15) is 12.1 Å². The number of hydrogen-bond donors (Lipinski definition) is 8. The number of para-hydroxylation sites is 1. The maximum absolute atomic E-state index is 12.9. The number of carbonyl (C=O) groups is 4. The third-order valence-electron chi connectivity index (χ3n) is 5.65. The van der Waals surface area contributed by atoms with Crippen molar-refractivity contribution in [2.24, 2.45) is 11.7 Å². The zero-order valence-corrected chi connectivity index (χ0v) is 20.5. The number of H-pyrrole nitrogens is 1. The molecule has 0 saturated heterocycles. The maximum Gasteiger partial charge on any atom is 0.328 e. The van der Waals surface area contributed by atoms with E-state index in [1.54, 1.807) is 6.20 Å². The number of carboxylic acid groups (broad SMARTS) is 1. The molecule has 0 radical (unpaired) electrons. The molecule has 0 aliphatic heterocycles. The summed E-state index contributed by atoms with van der Waals surface area (Å²) >= 11 is 0. The Balaban J connectivity index is 2.07. The first-order chi connectivity index (χ1) is 16.9. The van der Waals surface area contributed by atoms with Crippen LogP contribution in [0.3, 0.4) is 0 Å². The van der Waals surface area contributed by atoms with Crippen LogP contribution < -0.4 is 21.7 Å². The first-order valence-corrected chi connectivity index (χ1v) is 11.7. The summed E-state index contributed by atoms with van der Waals surface area (Å²) in [4.78, 5) is 52.5. The second-order valence-corrected chi connectivity index (χ2v) is 9.17. The van der Waals surface area contributed by atoms with Gasteiger partial charge < -0.3 is 42.0 Å². The largest absolute Gasteiger partial charge is 0.480 e. The van der Waals surface area contributed by atoms with Crippen LogP contribution in [0.5, 0.6) is 0 Å². The smallest absolute Gasteiger partial charge is 0.328 e. The van der Waals surface area contributed by atoms with Crippen LogP contribution in [0.4, 0.5) is 0 Å². The van der Waals surface area contributed by atoms with Crippen LogP contribution in [0.2, 0.25) is 0 Å². The molecular weight excluding hydrogens is 470 g/mol. The summed E-state index contributed by atoms with van der Waals surface area (Å²) in [5.41, 5.74) is 7.88. The molecule has 0 aliphatic carbocycles. The predicted molar refractivity (Wildman–Crippen MR) is 132 cm³/mol. The number of hydrogen-bond acceptors (Lipinski definition) is 7. The fourth-order valence-corrected chi connectivity index (χ4v) is 3.72. The van der Waals surface area contributed by atoms with Crippen molar-refractivity contribution in [2.45, 2.75) is 63.9 Å². The molecule has 0 fully saturated rings. The summed E-state index contributed by atoms with van der Waals surface area (Å²) in [6.45, 7) is 4.04. The Labute approximate surface area is 208 Å². The quantitative estimate of drug-likeness (QED) is 0.169. The molecule has 0 saturated carbocycles. The number of aromatic nitrogens is 1. The zero-order valence-electron chi connectivity index (χ0n) is 20.5. The Morgan fingerprint density at radius 3 is 2.17 bits per heavy atom. The van der Waals surface area contributed by atoms with Crippen LogP contribution in [0, 0.1) is 5.92 Å². The molecule has 2 aromatic rings. The van der Waals surface area contributed by atoms with E-state index >= 15 is 0 Å². The SMILES string of the molecule is CC(C)CC(NC(=O)C(N)Cc1c[nH]c2ccccc12)C(=O)NC(CO)C(=O)NC(C(=O)O)C(C)O. The fraction of sp³-hybridized carbons (Fsp3) is 0.500. The number of carboxylic acids is 1. The topological polar surface area (TPSA) is 207 Å². The van der Waals surface area contributed by atoms with Gasteiger partial charge in [0, 0.05) is 17.1 Å². The lowest BCUT2D eigenvalue weighted by Crippen LogP contribution is -2.59. The number of aromatic amines is 1. The van der Waals surface area contributed by atoms with E-state index in [2.05, 4.69) is 20.9 Å². The Kier molecular flexibility index (Phi) is 10.4. The average molecular weight is 506 g/mol. The lowest BCUT2D eigenvalue weighted by molar-refractivity contribution is -0.145. The Hall–Kier alpha value is -3.48. The highest BCUT2D eigenvalue weighted by Gasteiger charge is 2.32. The number of aliphatic hydroxyl groups excluding tert-OH is 2. The molecule has 3 amide bonds. The van der Waals surface area contributed by atoms with Gasteiger partial charge in [0.25, 0.3) is 0 Å².